The molecule has 7 nitrogen and oxygen atoms in total. The third kappa shape index (κ3) is 7.45. The molecule has 4 aromatic rings. The molecule has 0 saturated carbocycles. The number of H-pyrrole nitrogens is 1. The minimum Gasteiger partial charge on any atom is -0.347 e. The molecule has 0 aliphatic carbocycles. The lowest BCUT2D eigenvalue weighted by Crippen LogP contribution is -2.23. The van der Waals surface area contributed by atoms with Crippen LogP contribution in [0, 0.1) is 0 Å². The quantitative estimate of drug-likeness (QED) is 0.318. The summed E-state index contributed by atoms with van der Waals surface area (Å²) in [4.78, 5) is 28.5. The number of rotatable bonds is 8. The number of imidazole rings is 1. The maximum atomic E-state index is 12.2. The van der Waals surface area contributed by atoms with Crippen LogP contribution in [0.1, 0.15) is 26.9 Å². The monoisotopic (exact) mass is 500 g/mol. The van der Waals surface area contributed by atoms with E-state index in [2.05, 4.69) is 30.6 Å². The van der Waals surface area contributed by atoms with Gasteiger partial charge >= 0.3 is 0 Å². The van der Waals surface area contributed by atoms with Gasteiger partial charge in [0.05, 0.1) is 22.6 Å². The number of carbonyl (C=O) groups excluding carboxylic acids is 1. The van der Waals surface area contributed by atoms with E-state index in [1.165, 1.54) is 11.3 Å². The van der Waals surface area contributed by atoms with E-state index in [0.717, 1.165) is 40.4 Å². The molecule has 166 valence electrons. The smallest absolute Gasteiger partial charge is 0.271 e. The summed E-state index contributed by atoms with van der Waals surface area (Å²) in [5.74, 6) is 0.756. The van der Waals surface area contributed by atoms with E-state index in [1.54, 1.807) is 17.8 Å². The number of aromatic amines is 1. The molecule has 0 atom stereocenters. The van der Waals surface area contributed by atoms with Gasteiger partial charge in [0.25, 0.3) is 5.91 Å². The highest BCUT2D eigenvalue weighted by Gasteiger charge is 2.10. The average Bonchev–Trinajstić information content (AvgIpc) is 3.37. The Bertz CT molecular complexity index is 1040. The summed E-state index contributed by atoms with van der Waals surface area (Å²) < 4.78 is 0. The molecule has 31 heavy (non-hydrogen) atoms. The van der Waals surface area contributed by atoms with Crippen LogP contribution < -0.4 is 10.6 Å². The largest absolute Gasteiger partial charge is 0.347 e. The summed E-state index contributed by atoms with van der Waals surface area (Å²) in [6, 6.07) is 11.7. The van der Waals surface area contributed by atoms with Crippen molar-refractivity contribution in [3.05, 3.63) is 76.3 Å². The predicted octanol–water partition coefficient (Wildman–Crippen LogP) is 3.94. The number of hydrogen-bond donors (Lipinski definition) is 3. The van der Waals surface area contributed by atoms with Gasteiger partial charge in [0.15, 0.2) is 0 Å². The van der Waals surface area contributed by atoms with Crippen molar-refractivity contribution in [1.29, 1.82) is 0 Å². The summed E-state index contributed by atoms with van der Waals surface area (Å²) >= 11 is 1.50. The van der Waals surface area contributed by atoms with Crippen molar-refractivity contribution in [3.8, 4) is 0 Å². The Kier molecular flexibility index (Phi) is 11.4. The number of hydrogen-bond acceptors (Lipinski definition) is 6. The molecule has 1 amide bonds. The third-order valence-corrected chi connectivity index (χ3v) is 5.14. The minimum absolute atomic E-state index is 0. The molecule has 0 radical (unpaired) electrons. The molecule has 0 unspecified atom stereocenters. The Morgan fingerprint density at radius 2 is 1.77 bits per heavy atom. The van der Waals surface area contributed by atoms with Gasteiger partial charge in [-0.3, -0.25) is 9.78 Å². The Hall–Kier alpha value is -2.23. The summed E-state index contributed by atoms with van der Waals surface area (Å²) in [6.45, 7) is 1.90. The maximum absolute atomic E-state index is 12.2. The molecule has 4 rings (SSSR count). The zero-order valence-corrected chi connectivity index (χ0v) is 19.7. The maximum Gasteiger partial charge on any atom is 0.271 e. The van der Waals surface area contributed by atoms with Crippen molar-refractivity contribution >= 4 is 65.5 Å². The SMILES string of the molecule is Cl.Cl.Cl.O=C(NCc1ccncc1)c1csc(CCNCc2nc3ccccc3[nH]2)n1. The second kappa shape index (κ2) is 13.2. The van der Waals surface area contributed by atoms with Crippen LogP contribution in [0.25, 0.3) is 11.0 Å². The molecule has 3 aromatic heterocycles. The van der Waals surface area contributed by atoms with Gasteiger partial charge in [-0.2, -0.15) is 0 Å². The van der Waals surface area contributed by atoms with E-state index in [-0.39, 0.29) is 43.1 Å². The molecule has 0 saturated heterocycles. The fourth-order valence-electron chi connectivity index (χ4n) is 2.80. The van der Waals surface area contributed by atoms with E-state index in [4.69, 9.17) is 0 Å². The minimum atomic E-state index is -0.158. The van der Waals surface area contributed by atoms with E-state index in [0.29, 0.717) is 18.8 Å². The fraction of sp³-hybridized carbons (Fsp3) is 0.200. The van der Waals surface area contributed by atoms with Crippen molar-refractivity contribution < 1.29 is 4.79 Å². The molecular formula is C20H23Cl3N6OS. The lowest BCUT2D eigenvalue weighted by atomic mass is 10.2. The first kappa shape index (κ1) is 26.8. The second-order valence-corrected chi connectivity index (χ2v) is 7.23. The zero-order valence-electron chi connectivity index (χ0n) is 16.4. The first-order valence-electron chi connectivity index (χ1n) is 9.04. The number of amides is 1. The Balaban J connectivity index is 0.00000160. The van der Waals surface area contributed by atoms with Crippen LogP contribution >= 0.6 is 48.6 Å². The van der Waals surface area contributed by atoms with Crippen molar-refractivity contribution in [3.63, 3.8) is 0 Å². The lowest BCUT2D eigenvalue weighted by molar-refractivity contribution is 0.0946. The van der Waals surface area contributed by atoms with E-state index in [1.807, 2.05) is 36.4 Å². The number of thiazole rings is 1. The summed E-state index contributed by atoms with van der Waals surface area (Å²) in [5.41, 5.74) is 3.49. The van der Waals surface area contributed by atoms with Gasteiger partial charge in [0, 0.05) is 37.3 Å². The van der Waals surface area contributed by atoms with Crippen LogP contribution in [0.15, 0.2) is 54.2 Å². The summed E-state index contributed by atoms with van der Waals surface area (Å²) in [7, 11) is 0. The van der Waals surface area contributed by atoms with Crippen molar-refractivity contribution in [2.24, 2.45) is 0 Å². The van der Waals surface area contributed by atoms with Crippen LogP contribution in [0.5, 0.6) is 0 Å². The zero-order chi connectivity index (χ0) is 19.2. The normalized spacial score (nSPS) is 9.94. The topological polar surface area (TPSA) is 95.6 Å². The molecule has 0 spiro atoms. The number of nitrogens with zero attached hydrogens (tertiary/aromatic N) is 3. The standard InChI is InChI=1S/C20H20N6OS.3ClH/c27-20(23-11-14-5-8-21-9-6-14)17-13-28-19(26-17)7-10-22-12-18-24-15-3-1-2-4-16(15)25-18;;;/h1-6,8-9,13,22H,7,10-12H2,(H,23,27)(H,24,25);3*1H. The first-order valence-corrected chi connectivity index (χ1v) is 9.92. The molecule has 3 heterocycles. The van der Waals surface area contributed by atoms with Crippen molar-refractivity contribution in [2.45, 2.75) is 19.5 Å². The van der Waals surface area contributed by atoms with Crippen LogP contribution in [0.2, 0.25) is 0 Å². The molecule has 0 bridgehead atoms. The van der Waals surface area contributed by atoms with Gasteiger partial charge in [-0.25, -0.2) is 9.97 Å². The van der Waals surface area contributed by atoms with Crippen LogP contribution in [0.3, 0.4) is 0 Å². The number of para-hydroxylation sites is 2. The molecule has 0 aliphatic rings. The van der Waals surface area contributed by atoms with Crippen molar-refractivity contribution in [1.82, 2.24) is 30.6 Å². The van der Waals surface area contributed by atoms with Gasteiger partial charge < -0.3 is 15.6 Å². The van der Waals surface area contributed by atoms with Gasteiger partial charge in [-0.05, 0) is 29.8 Å². The Morgan fingerprint density at radius 1 is 1.00 bits per heavy atom. The third-order valence-electron chi connectivity index (χ3n) is 4.23. The van der Waals surface area contributed by atoms with Gasteiger partial charge in [-0.15, -0.1) is 48.6 Å². The van der Waals surface area contributed by atoms with Gasteiger partial charge in [0.2, 0.25) is 0 Å². The Labute approximate surface area is 202 Å². The number of nitrogens with one attached hydrogen (secondary N) is 3. The summed E-state index contributed by atoms with van der Waals surface area (Å²) in [6.07, 6.45) is 4.18. The van der Waals surface area contributed by atoms with Crippen molar-refractivity contribution in [2.75, 3.05) is 6.54 Å². The molecule has 0 fully saturated rings. The Morgan fingerprint density at radius 3 is 2.55 bits per heavy atom. The van der Waals surface area contributed by atoms with Crippen LogP contribution in [0.4, 0.5) is 0 Å². The lowest BCUT2D eigenvalue weighted by Gasteiger charge is -2.03. The predicted molar refractivity (Wildman–Crippen MR) is 131 cm³/mol. The average molecular weight is 502 g/mol. The highest BCUT2D eigenvalue weighted by atomic mass is 35.5. The van der Waals surface area contributed by atoms with Crippen LogP contribution in [-0.4, -0.2) is 32.4 Å². The number of aromatic nitrogens is 4. The molecule has 1 aromatic carbocycles. The molecule has 0 aliphatic heterocycles. The fourth-order valence-corrected chi connectivity index (χ4v) is 3.57. The highest BCUT2D eigenvalue weighted by molar-refractivity contribution is 7.09. The van der Waals surface area contributed by atoms with E-state index >= 15 is 0 Å². The first-order chi connectivity index (χ1) is 13.8. The number of halogens is 3. The number of fused-ring (bicyclic) bond motifs is 1. The number of carbonyl (C=O) groups is 1. The molecule has 3 N–H and O–H groups in total. The number of pyridine rings is 1. The van der Waals surface area contributed by atoms with E-state index in [9.17, 15) is 4.79 Å². The van der Waals surface area contributed by atoms with Gasteiger partial charge in [0.1, 0.15) is 11.5 Å². The molecule has 11 heteroatoms. The highest BCUT2D eigenvalue weighted by Crippen LogP contribution is 2.12. The molecular weight excluding hydrogens is 479 g/mol. The van der Waals surface area contributed by atoms with E-state index < -0.39 is 0 Å². The van der Waals surface area contributed by atoms with Crippen LogP contribution in [-0.2, 0) is 19.5 Å². The number of benzene rings is 1. The van der Waals surface area contributed by atoms with Gasteiger partial charge in [-0.1, -0.05) is 12.1 Å². The second-order valence-electron chi connectivity index (χ2n) is 6.29. The summed E-state index contributed by atoms with van der Waals surface area (Å²) in [5, 5.41) is 8.98.